The molecule has 0 aliphatic carbocycles. The number of rotatable bonds is 4. The number of ether oxygens (including phenoxy) is 1. The van der Waals surface area contributed by atoms with Gasteiger partial charge in [0.1, 0.15) is 6.54 Å². The van der Waals surface area contributed by atoms with Crippen LogP contribution in [0.5, 0.6) is 0 Å². The van der Waals surface area contributed by atoms with Crippen molar-refractivity contribution in [1.29, 1.82) is 0 Å². The summed E-state index contributed by atoms with van der Waals surface area (Å²) in [5, 5.41) is 0. The first-order valence-corrected chi connectivity index (χ1v) is 3.43. The standard InChI is InChI=1S/C7H18NO.HI/c1-5-8(2,3)6-7-9-4;/h5-7H2,1-4H3;1H/q+1;/p-1. The lowest BCUT2D eigenvalue weighted by Gasteiger charge is -2.27. The van der Waals surface area contributed by atoms with Crippen LogP contribution in [0.4, 0.5) is 0 Å². The Morgan fingerprint density at radius 3 is 2.10 bits per heavy atom. The summed E-state index contributed by atoms with van der Waals surface area (Å²) in [6.07, 6.45) is 0. The van der Waals surface area contributed by atoms with E-state index in [4.69, 9.17) is 4.74 Å². The molecule has 0 aromatic heterocycles. The maximum Gasteiger partial charge on any atom is 0.102 e. The van der Waals surface area contributed by atoms with Crippen molar-refractivity contribution < 1.29 is 33.2 Å². The van der Waals surface area contributed by atoms with Crippen molar-refractivity contribution in [3.8, 4) is 0 Å². The third kappa shape index (κ3) is 6.77. The van der Waals surface area contributed by atoms with Crippen LogP contribution in [0, 0.1) is 0 Å². The SMILES string of the molecule is CC[N+](C)(C)CCOC.[I-]. The molecule has 0 aliphatic heterocycles. The van der Waals surface area contributed by atoms with E-state index >= 15 is 0 Å². The molecule has 0 fully saturated rings. The average Bonchev–Trinajstić information content (AvgIpc) is 1.84. The summed E-state index contributed by atoms with van der Waals surface area (Å²) in [7, 11) is 6.16. The van der Waals surface area contributed by atoms with Crippen LogP contribution in [0.3, 0.4) is 0 Å². The van der Waals surface area contributed by atoms with E-state index in [1.54, 1.807) is 7.11 Å². The smallest absolute Gasteiger partial charge is 0.102 e. The second kappa shape index (κ2) is 6.37. The first kappa shape index (κ1) is 13.3. The minimum absolute atomic E-state index is 0. The van der Waals surface area contributed by atoms with Crippen LogP contribution in [-0.2, 0) is 4.74 Å². The zero-order chi connectivity index (χ0) is 7.33. The zero-order valence-corrected chi connectivity index (χ0v) is 9.51. The quantitative estimate of drug-likeness (QED) is 0.409. The van der Waals surface area contributed by atoms with E-state index in [9.17, 15) is 0 Å². The number of hydrogen-bond acceptors (Lipinski definition) is 1. The third-order valence-electron chi connectivity index (χ3n) is 1.76. The molecule has 0 saturated carbocycles. The molecule has 3 heteroatoms. The summed E-state index contributed by atoms with van der Waals surface area (Å²) in [5.41, 5.74) is 0. The molecule has 0 aromatic rings. The summed E-state index contributed by atoms with van der Waals surface area (Å²) in [5.74, 6) is 0. The molecule has 0 spiro atoms. The Bertz CT molecular complexity index is 76.0. The molecule has 2 nitrogen and oxygen atoms in total. The minimum atomic E-state index is 0. The van der Waals surface area contributed by atoms with Gasteiger partial charge in [-0.2, -0.15) is 0 Å². The van der Waals surface area contributed by atoms with Gasteiger partial charge in [0.2, 0.25) is 0 Å². The Hall–Kier alpha value is 0.650. The van der Waals surface area contributed by atoms with Crippen molar-refractivity contribution >= 4 is 0 Å². The lowest BCUT2D eigenvalue weighted by atomic mass is 10.4. The molecule has 0 unspecified atom stereocenters. The molecule has 0 rings (SSSR count). The van der Waals surface area contributed by atoms with Gasteiger partial charge in [0.05, 0.1) is 27.2 Å². The maximum atomic E-state index is 4.96. The van der Waals surface area contributed by atoms with Crippen molar-refractivity contribution in [2.24, 2.45) is 0 Å². The van der Waals surface area contributed by atoms with Gasteiger partial charge in [-0.1, -0.05) is 0 Å². The number of halogens is 1. The molecule has 0 aliphatic rings. The van der Waals surface area contributed by atoms with Crippen LogP contribution in [0.25, 0.3) is 0 Å². The molecule has 0 aromatic carbocycles. The van der Waals surface area contributed by atoms with Crippen LogP contribution < -0.4 is 24.0 Å². The van der Waals surface area contributed by atoms with Gasteiger partial charge in [-0.25, -0.2) is 0 Å². The molecular formula is C7H18INO. The van der Waals surface area contributed by atoms with Crippen LogP contribution >= 0.6 is 0 Å². The molecule has 64 valence electrons. The highest BCUT2D eigenvalue weighted by Crippen LogP contribution is 1.93. The highest BCUT2D eigenvalue weighted by atomic mass is 127. The number of methoxy groups -OCH3 is 1. The Balaban J connectivity index is 0. The van der Waals surface area contributed by atoms with E-state index in [1.165, 1.54) is 6.54 Å². The van der Waals surface area contributed by atoms with E-state index in [0.29, 0.717) is 0 Å². The first-order chi connectivity index (χ1) is 4.12. The van der Waals surface area contributed by atoms with E-state index in [1.807, 2.05) is 0 Å². The molecule has 0 bridgehead atoms. The molecule has 10 heavy (non-hydrogen) atoms. The van der Waals surface area contributed by atoms with Gasteiger partial charge in [0, 0.05) is 7.11 Å². The maximum absolute atomic E-state index is 4.96. The fourth-order valence-corrected chi connectivity index (χ4v) is 0.497. The van der Waals surface area contributed by atoms with Crippen LogP contribution in [0.2, 0.25) is 0 Å². The summed E-state index contributed by atoms with van der Waals surface area (Å²) in [4.78, 5) is 0. The normalized spacial score (nSPS) is 10.8. The van der Waals surface area contributed by atoms with Crippen molar-refractivity contribution in [2.75, 3.05) is 40.9 Å². The molecule has 0 heterocycles. The van der Waals surface area contributed by atoms with Gasteiger partial charge < -0.3 is 33.2 Å². The van der Waals surface area contributed by atoms with Gasteiger partial charge in [-0.15, -0.1) is 0 Å². The highest BCUT2D eigenvalue weighted by molar-refractivity contribution is 4.27. The Morgan fingerprint density at radius 1 is 1.30 bits per heavy atom. The van der Waals surface area contributed by atoms with E-state index in [0.717, 1.165) is 17.6 Å². The summed E-state index contributed by atoms with van der Waals surface area (Å²) >= 11 is 0. The zero-order valence-electron chi connectivity index (χ0n) is 7.35. The van der Waals surface area contributed by atoms with Crippen LogP contribution in [-0.4, -0.2) is 45.4 Å². The van der Waals surface area contributed by atoms with E-state index < -0.39 is 0 Å². The van der Waals surface area contributed by atoms with Crippen molar-refractivity contribution in [3.63, 3.8) is 0 Å². The van der Waals surface area contributed by atoms with E-state index in [-0.39, 0.29) is 24.0 Å². The van der Waals surface area contributed by atoms with Gasteiger partial charge in [0.15, 0.2) is 0 Å². The minimum Gasteiger partial charge on any atom is -1.00 e. The summed E-state index contributed by atoms with van der Waals surface area (Å²) < 4.78 is 6.01. The predicted octanol–water partition coefficient (Wildman–Crippen LogP) is -2.27. The number of likely N-dealkylation sites (N-methyl/N-ethyl adjacent to an activating group) is 1. The van der Waals surface area contributed by atoms with E-state index in [2.05, 4.69) is 21.0 Å². The first-order valence-electron chi connectivity index (χ1n) is 3.43. The number of quaternary nitrogens is 1. The third-order valence-corrected chi connectivity index (χ3v) is 1.76. The molecule has 0 atom stereocenters. The average molecular weight is 259 g/mol. The van der Waals surface area contributed by atoms with Crippen molar-refractivity contribution in [2.45, 2.75) is 6.92 Å². The fourth-order valence-electron chi connectivity index (χ4n) is 0.497. The molecule has 0 saturated heterocycles. The van der Waals surface area contributed by atoms with Gasteiger partial charge in [0.25, 0.3) is 0 Å². The second-order valence-electron chi connectivity index (χ2n) is 2.97. The monoisotopic (exact) mass is 259 g/mol. The lowest BCUT2D eigenvalue weighted by Crippen LogP contribution is -3.00. The fraction of sp³-hybridized carbons (Fsp3) is 1.00. The second-order valence-corrected chi connectivity index (χ2v) is 2.97. The summed E-state index contributed by atoms with van der Waals surface area (Å²) in [6, 6.07) is 0. The Morgan fingerprint density at radius 2 is 1.80 bits per heavy atom. The van der Waals surface area contributed by atoms with Crippen molar-refractivity contribution in [3.05, 3.63) is 0 Å². The van der Waals surface area contributed by atoms with Crippen LogP contribution in [0.1, 0.15) is 6.92 Å². The topological polar surface area (TPSA) is 9.23 Å². The van der Waals surface area contributed by atoms with Gasteiger partial charge >= 0.3 is 0 Å². The van der Waals surface area contributed by atoms with Crippen molar-refractivity contribution in [1.82, 2.24) is 0 Å². The Kier molecular flexibility index (Phi) is 8.44. The molecular weight excluding hydrogens is 241 g/mol. The molecule has 0 N–H and O–H groups in total. The molecule has 0 amide bonds. The van der Waals surface area contributed by atoms with Gasteiger partial charge in [-0.3, -0.25) is 0 Å². The number of hydrogen-bond donors (Lipinski definition) is 0. The van der Waals surface area contributed by atoms with Crippen LogP contribution in [0.15, 0.2) is 0 Å². The molecule has 0 radical (unpaired) electrons. The number of nitrogens with zero attached hydrogens (tertiary/aromatic N) is 1. The largest absolute Gasteiger partial charge is 1.00 e. The predicted molar refractivity (Wildman–Crippen MR) is 39.4 cm³/mol. The van der Waals surface area contributed by atoms with Gasteiger partial charge in [-0.05, 0) is 6.92 Å². The summed E-state index contributed by atoms with van der Waals surface area (Å²) in [6.45, 7) is 5.33. The Labute approximate surface area is 81.2 Å². The lowest BCUT2D eigenvalue weighted by molar-refractivity contribution is -0.888. The highest BCUT2D eigenvalue weighted by Gasteiger charge is 2.09.